The Hall–Kier alpha value is -16.6. The molecule has 748 valence electrons. The van der Waals surface area contributed by atoms with Crippen LogP contribution >= 0.6 is 11.6 Å². The molecule has 1 N–H and O–H groups in total. The molecule has 13 aromatic heterocycles. The smallest absolute Gasteiger partial charge is 0.162 e. The molecule has 7 aromatic carbocycles. The van der Waals surface area contributed by atoms with Gasteiger partial charge >= 0.3 is 0 Å². The summed E-state index contributed by atoms with van der Waals surface area (Å²) >= 11 is 6.16. The van der Waals surface area contributed by atoms with E-state index in [0.29, 0.717) is 73.9 Å². The summed E-state index contributed by atoms with van der Waals surface area (Å²) in [6.07, 6.45) is 28.7. The third kappa shape index (κ3) is 23.7. The van der Waals surface area contributed by atoms with Crippen molar-refractivity contribution in [3.63, 3.8) is 0 Å². The zero-order chi connectivity index (χ0) is 103. The number of nitrogens with zero attached hydrogens (tertiary/aromatic N) is 17. The number of hydrogen-bond donors (Lipinski definition) is 1. The molecule has 23 rings (SSSR count). The van der Waals surface area contributed by atoms with Gasteiger partial charge in [0.2, 0.25) is 0 Å². The van der Waals surface area contributed by atoms with Crippen molar-refractivity contribution in [3.05, 3.63) is 392 Å². The maximum atomic E-state index is 14.7. The van der Waals surface area contributed by atoms with E-state index in [4.69, 9.17) is 21.3 Å². The summed E-state index contributed by atoms with van der Waals surface area (Å²) in [4.78, 5) is 80.4. The number of fused-ring (bicyclic) bond motifs is 4. The van der Waals surface area contributed by atoms with Crippen LogP contribution in [0.5, 0.6) is 5.75 Å². The molecule has 3 aliphatic rings. The number of rotatable bonds is 22. The van der Waals surface area contributed by atoms with Crippen LogP contribution in [-0.4, -0.2) is 178 Å². The fraction of sp³-hybridized carbons (Fsp3) is 0.180. The standard InChI is InChI=1S/C32H28F2N4.C31H26ClFN4O.C30H24F2N4O.C29H24F2N6/c1-2-38-14-11-23(12-15-38)21-5-7-22(8-6-21)24-16-25(20-35-19-24)28-18-31(29-17-26(33)9-10-30(29)34)37-32-27(28)4-3-13-36-32;1-37(2)13-5-9-30(38)21-7-3-6-20(14-21)22-15-23(19-34-18-22)26-17-29(27-16-24(32)10-11-28(27)33)36-31-25(26)8-4-12-35-31;31-22-5-8-28(32)27(15-22)29-16-26(25-2-1-11-35-30(25)36-29)21-14-20(17-34-18-21)19-3-6-23(7-4-19)37-24-9-12-33-13-10-24;1-36-9-11-37(12-10-36)28-7-4-19(18-34-28)20-13-21(17-32-16-20)24-15-27(25-14-22(30)5-6-26(25)31)35-29-23(24)3-2-8-33-29/h3-10,13,16-20,23H,2,11-12,14-15H2,1H3;3-4,6-8,10-12,14-19H,5,9,13H2,1-2H3;1-8,11,14-18,24,33H,9-10,12-13H2;2-8,13-18H,9-12H2,1H3. The SMILES string of the molecule is CCN1CCC(c2ccc(-c3cncc(-c4cc(-c5cc(F)ccc5F)nc5ncccc45)c3)cc2)CC1.CN(C)CCCC(=O)c1cccc(-c2cncc(-c3cc(-c4cc(Cl)ccc4F)nc4ncccc34)c2)c1.CN1CCN(c2ccc(-c3cncc(-c4cc(-c5cc(F)ccc5F)nc5ncccc45)c3)cn2)CC1.Fc1ccc(F)c(-c2cc(-c3cncc(-c4ccc(OC5CCNCC5)cc4)c3)c3cccnc3n2)c1. The molecule has 3 fully saturated rings. The largest absolute Gasteiger partial charge is 0.490 e. The van der Waals surface area contributed by atoms with Crippen molar-refractivity contribution in [2.45, 2.75) is 57.5 Å². The van der Waals surface area contributed by atoms with Crippen molar-refractivity contribution >= 4 is 67.3 Å². The molecule has 0 amide bonds. The van der Waals surface area contributed by atoms with Gasteiger partial charge in [0.05, 0.1) is 22.8 Å². The van der Waals surface area contributed by atoms with E-state index in [2.05, 4.69) is 135 Å². The van der Waals surface area contributed by atoms with Gasteiger partial charge in [-0.1, -0.05) is 73.1 Å². The van der Waals surface area contributed by atoms with Gasteiger partial charge in [-0.25, -0.2) is 75.6 Å². The number of likely N-dealkylation sites (N-methyl/N-ethyl adjacent to an activating group) is 1. The molecule has 0 aliphatic carbocycles. The Kier molecular flexibility index (Phi) is 31.1. The van der Waals surface area contributed by atoms with Crippen LogP contribution < -0.4 is 15.0 Å². The Morgan fingerprint density at radius 3 is 1.20 bits per heavy atom. The second-order valence-electron chi connectivity index (χ2n) is 37.6. The molecule has 0 atom stereocenters. The molecule has 3 saturated heterocycles. The number of likely N-dealkylation sites (tertiary alicyclic amines) is 1. The van der Waals surface area contributed by atoms with Crippen LogP contribution in [0.25, 0.3) is 178 Å². The van der Waals surface area contributed by atoms with Crippen LogP contribution in [0.2, 0.25) is 5.02 Å². The number of halogens is 8. The first-order chi connectivity index (χ1) is 73.2. The summed E-state index contributed by atoms with van der Waals surface area (Å²) in [5, 5.41) is 7.01. The average Bonchev–Trinajstić information content (AvgIpc) is 0.780. The first kappa shape index (κ1) is 101. The minimum absolute atomic E-state index is 0.0848. The first-order valence-corrected chi connectivity index (χ1v) is 50.2. The molecule has 20 nitrogen and oxygen atoms in total. The Morgan fingerprint density at radius 1 is 0.380 bits per heavy atom. The lowest BCUT2D eigenvalue weighted by atomic mass is 9.88. The third-order valence-corrected chi connectivity index (χ3v) is 27.5. The zero-order valence-electron chi connectivity index (χ0n) is 82.7. The number of carbonyl (C=O) groups is 1. The van der Waals surface area contributed by atoms with Crippen molar-refractivity contribution in [2.75, 3.05) is 91.5 Å². The third-order valence-electron chi connectivity index (χ3n) is 27.3. The maximum absolute atomic E-state index is 14.7. The molecule has 16 heterocycles. The minimum atomic E-state index is -0.548. The number of anilines is 1. The predicted molar refractivity (Wildman–Crippen MR) is 580 cm³/mol. The van der Waals surface area contributed by atoms with E-state index in [9.17, 15) is 35.5 Å². The van der Waals surface area contributed by atoms with Crippen LogP contribution in [0.4, 0.5) is 36.6 Å². The molecule has 0 spiro atoms. The fourth-order valence-corrected chi connectivity index (χ4v) is 19.4. The highest BCUT2D eigenvalue weighted by Gasteiger charge is 2.26. The number of pyridine rings is 13. The van der Waals surface area contributed by atoms with Gasteiger partial charge in [-0.15, -0.1) is 0 Å². The number of Topliss-reactive ketones (excluding diaryl/α,β-unsaturated/α-hetero) is 1. The van der Waals surface area contributed by atoms with E-state index >= 15 is 0 Å². The highest BCUT2D eigenvalue weighted by atomic mass is 35.5. The van der Waals surface area contributed by atoms with Crippen molar-refractivity contribution in [3.8, 4) is 140 Å². The Balaban J connectivity index is 0.000000121. The first-order valence-electron chi connectivity index (χ1n) is 49.8. The van der Waals surface area contributed by atoms with Gasteiger partial charge in [-0.2, -0.15) is 0 Å². The lowest BCUT2D eigenvalue weighted by Gasteiger charge is -2.33. The summed E-state index contributed by atoms with van der Waals surface area (Å²) in [5.74, 6) is -1.08. The molecular weight excluding hydrogens is 1920 g/mol. The summed E-state index contributed by atoms with van der Waals surface area (Å²) in [7, 11) is 6.14. The normalized spacial score (nSPS) is 13.6. The molecule has 20 aromatic rings. The maximum Gasteiger partial charge on any atom is 0.162 e. The van der Waals surface area contributed by atoms with E-state index in [0.717, 1.165) is 255 Å². The number of aromatic nitrogens is 13. The summed E-state index contributed by atoms with van der Waals surface area (Å²) < 4.78 is 107. The molecule has 0 radical (unpaired) electrons. The number of piperidine rings is 2. The molecule has 28 heteroatoms. The van der Waals surface area contributed by atoms with Crippen molar-refractivity contribution in [2.24, 2.45) is 0 Å². The summed E-state index contributed by atoms with van der Waals surface area (Å²) in [6.45, 7) is 12.4. The zero-order valence-corrected chi connectivity index (χ0v) is 83.4. The van der Waals surface area contributed by atoms with Crippen LogP contribution in [0, 0.1) is 40.7 Å². The van der Waals surface area contributed by atoms with Gasteiger partial charge in [0.15, 0.2) is 28.4 Å². The second kappa shape index (κ2) is 46.2. The van der Waals surface area contributed by atoms with Gasteiger partial charge < -0.3 is 29.7 Å². The van der Waals surface area contributed by atoms with E-state index in [1.54, 1.807) is 92.4 Å². The van der Waals surface area contributed by atoms with Gasteiger partial charge in [0.1, 0.15) is 58.4 Å². The number of piperazine rings is 1. The molecule has 3 aliphatic heterocycles. The van der Waals surface area contributed by atoms with Gasteiger partial charge in [-0.3, -0.25) is 24.7 Å². The minimum Gasteiger partial charge on any atom is -0.490 e. The molecule has 150 heavy (non-hydrogen) atoms. The number of benzene rings is 7. The lowest BCUT2D eigenvalue weighted by molar-refractivity contribution is 0.0977. The fourth-order valence-electron chi connectivity index (χ4n) is 19.2. The van der Waals surface area contributed by atoms with E-state index < -0.39 is 40.7 Å². The van der Waals surface area contributed by atoms with Crippen LogP contribution in [0.1, 0.15) is 67.3 Å². The highest BCUT2D eigenvalue weighted by molar-refractivity contribution is 6.31. The summed E-state index contributed by atoms with van der Waals surface area (Å²) in [5.41, 5.74) is 20.0. The second-order valence-corrected chi connectivity index (χ2v) is 38.0. The van der Waals surface area contributed by atoms with Gasteiger partial charge in [0.25, 0.3) is 0 Å². The van der Waals surface area contributed by atoms with Crippen molar-refractivity contribution in [1.29, 1.82) is 0 Å². The topological polar surface area (TPSA) is 219 Å². The number of carbonyl (C=O) groups excluding carboxylic acids is 1. The number of hydrogen-bond acceptors (Lipinski definition) is 20. The van der Waals surface area contributed by atoms with Gasteiger partial charge in [0, 0.05) is 218 Å². The molecular formula is C122H102ClF7N18O2. The number of nitrogens with one attached hydrogen (secondary N) is 1. The van der Waals surface area contributed by atoms with Crippen LogP contribution in [0.15, 0.2) is 335 Å². The Bertz CT molecular complexity index is 8310. The molecule has 0 saturated carbocycles. The van der Waals surface area contributed by atoms with Crippen molar-refractivity contribution < 1.29 is 40.3 Å². The lowest BCUT2D eigenvalue weighted by Crippen LogP contribution is -2.44. The van der Waals surface area contributed by atoms with Crippen molar-refractivity contribution in [1.82, 2.24) is 84.8 Å². The Labute approximate surface area is 868 Å². The van der Waals surface area contributed by atoms with E-state index in [-0.39, 0.29) is 28.6 Å². The number of ether oxygens (including phenoxy) is 1. The average molecular weight is 2020 g/mol. The monoisotopic (exact) mass is 2020 g/mol. The van der Waals surface area contributed by atoms with Crippen LogP contribution in [-0.2, 0) is 0 Å². The molecule has 0 unspecified atom stereocenters. The van der Waals surface area contributed by atoms with Gasteiger partial charge in [-0.05, 0) is 343 Å². The quantitative estimate of drug-likeness (QED) is 0.0492. The van der Waals surface area contributed by atoms with E-state index in [1.165, 1.54) is 36.6 Å². The van der Waals surface area contributed by atoms with Crippen LogP contribution in [0.3, 0.4) is 0 Å². The Morgan fingerprint density at radius 2 is 0.780 bits per heavy atom. The predicted octanol–water partition coefficient (Wildman–Crippen LogP) is 26.7. The number of ketones is 1. The highest BCUT2D eigenvalue weighted by Crippen LogP contribution is 2.43. The van der Waals surface area contributed by atoms with E-state index in [1.807, 2.05) is 154 Å². The molecule has 0 bridgehead atoms. The summed E-state index contributed by atoms with van der Waals surface area (Å²) in [6, 6.07) is 73.4.